The maximum Gasteiger partial charge on any atom is 0.257 e. The Hall–Kier alpha value is -2.53. The fourth-order valence-electron chi connectivity index (χ4n) is 1.72. The number of benzene rings is 2. The van der Waals surface area contributed by atoms with Gasteiger partial charge in [0.2, 0.25) is 0 Å². The zero-order valence-electron chi connectivity index (χ0n) is 10.9. The normalized spacial score (nSPS) is 11.7. The van der Waals surface area contributed by atoms with Gasteiger partial charge >= 0.3 is 0 Å². The Kier molecular flexibility index (Phi) is 4.22. The second kappa shape index (κ2) is 6.08. The minimum atomic E-state index is -1.32. The number of phenols is 1. The first-order valence-corrected chi connectivity index (χ1v) is 6.02. The lowest BCUT2D eigenvalue weighted by Crippen LogP contribution is -2.20. The zero-order valence-corrected chi connectivity index (χ0v) is 10.9. The molecule has 0 saturated heterocycles. The number of hydrogen-bond acceptors (Lipinski definition) is 4. The van der Waals surface area contributed by atoms with Crippen molar-refractivity contribution < 1.29 is 19.7 Å². The maximum absolute atomic E-state index is 11.9. The van der Waals surface area contributed by atoms with Crippen LogP contribution in [0.5, 0.6) is 11.5 Å². The highest BCUT2D eigenvalue weighted by atomic mass is 16.5. The van der Waals surface area contributed by atoms with Crippen LogP contribution in [0.1, 0.15) is 11.7 Å². The molecule has 0 aliphatic rings. The van der Waals surface area contributed by atoms with Crippen LogP contribution in [0.2, 0.25) is 0 Å². The van der Waals surface area contributed by atoms with Gasteiger partial charge in [-0.3, -0.25) is 4.79 Å². The quantitative estimate of drug-likeness (QED) is 0.745. The molecule has 1 atom stereocenters. The number of aromatic hydroxyl groups is 1. The van der Waals surface area contributed by atoms with Crippen molar-refractivity contribution in [3.63, 3.8) is 0 Å². The molecule has 104 valence electrons. The van der Waals surface area contributed by atoms with Crippen molar-refractivity contribution in [3.8, 4) is 11.5 Å². The third kappa shape index (κ3) is 3.07. The van der Waals surface area contributed by atoms with Gasteiger partial charge in [0.25, 0.3) is 5.91 Å². The minimum Gasteiger partial charge on any atom is -0.506 e. The Labute approximate surface area is 116 Å². The van der Waals surface area contributed by atoms with Crippen molar-refractivity contribution in [2.45, 2.75) is 6.10 Å². The molecule has 0 heterocycles. The Morgan fingerprint density at radius 2 is 1.80 bits per heavy atom. The summed E-state index contributed by atoms with van der Waals surface area (Å²) >= 11 is 0. The van der Waals surface area contributed by atoms with Crippen LogP contribution in [-0.4, -0.2) is 23.2 Å². The molecular formula is C15H15NO4. The molecule has 0 aromatic heterocycles. The largest absolute Gasteiger partial charge is 0.506 e. The van der Waals surface area contributed by atoms with E-state index >= 15 is 0 Å². The van der Waals surface area contributed by atoms with E-state index in [0.29, 0.717) is 11.3 Å². The van der Waals surface area contributed by atoms with Gasteiger partial charge in [-0.1, -0.05) is 24.3 Å². The molecule has 0 aliphatic heterocycles. The lowest BCUT2D eigenvalue weighted by Gasteiger charge is -2.13. The summed E-state index contributed by atoms with van der Waals surface area (Å²) in [6.07, 6.45) is -1.32. The molecule has 1 unspecified atom stereocenters. The molecule has 0 spiro atoms. The van der Waals surface area contributed by atoms with Gasteiger partial charge in [-0.05, 0) is 29.8 Å². The van der Waals surface area contributed by atoms with Gasteiger partial charge in [0.05, 0.1) is 12.8 Å². The fraction of sp³-hybridized carbons (Fsp3) is 0.133. The Morgan fingerprint density at radius 1 is 1.15 bits per heavy atom. The van der Waals surface area contributed by atoms with Gasteiger partial charge in [-0.2, -0.15) is 0 Å². The second-order valence-electron chi connectivity index (χ2n) is 4.18. The molecule has 5 nitrogen and oxygen atoms in total. The van der Waals surface area contributed by atoms with Gasteiger partial charge in [-0.15, -0.1) is 0 Å². The van der Waals surface area contributed by atoms with Crippen molar-refractivity contribution in [3.05, 3.63) is 54.1 Å². The second-order valence-corrected chi connectivity index (χ2v) is 4.18. The first-order valence-electron chi connectivity index (χ1n) is 6.02. The lowest BCUT2D eigenvalue weighted by atomic mass is 10.1. The van der Waals surface area contributed by atoms with Crippen LogP contribution in [0.15, 0.2) is 48.5 Å². The number of anilines is 1. The van der Waals surface area contributed by atoms with Crippen molar-refractivity contribution in [1.82, 2.24) is 0 Å². The van der Waals surface area contributed by atoms with E-state index < -0.39 is 12.0 Å². The van der Waals surface area contributed by atoms with E-state index in [-0.39, 0.29) is 11.4 Å². The van der Waals surface area contributed by atoms with Crippen molar-refractivity contribution in [2.24, 2.45) is 0 Å². The van der Waals surface area contributed by atoms with Crippen LogP contribution in [-0.2, 0) is 4.79 Å². The molecule has 2 aromatic rings. The Balaban J connectivity index is 2.10. The molecule has 0 bridgehead atoms. The average Bonchev–Trinajstić information content (AvgIpc) is 2.49. The number of aliphatic hydroxyl groups excluding tert-OH is 1. The molecule has 3 N–H and O–H groups in total. The number of carbonyl (C=O) groups is 1. The summed E-state index contributed by atoms with van der Waals surface area (Å²) in [6.45, 7) is 0. The first-order chi connectivity index (χ1) is 9.61. The Morgan fingerprint density at radius 3 is 2.40 bits per heavy atom. The lowest BCUT2D eigenvalue weighted by molar-refractivity contribution is -0.124. The number of nitrogens with one attached hydrogen (secondary N) is 1. The monoisotopic (exact) mass is 273 g/mol. The molecule has 0 fully saturated rings. The molecular weight excluding hydrogens is 258 g/mol. The van der Waals surface area contributed by atoms with Crippen LogP contribution >= 0.6 is 0 Å². The van der Waals surface area contributed by atoms with E-state index in [0.717, 1.165) is 0 Å². The smallest absolute Gasteiger partial charge is 0.257 e. The number of ether oxygens (including phenoxy) is 1. The summed E-state index contributed by atoms with van der Waals surface area (Å²) in [5.74, 6) is -0.0264. The number of phenolic OH excluding ortho intramolecular Hbond substituents is 1. The summed E-state index contributed by atoms with van der Waals surface area (Å²) in [5.41, 5.74) is 0.698. The molecule has 20 heavy (non-hydrogen) atoms. The standard InChI is InChI=1S/C15H15NO4/c1-20-11-8-6-10(7-9-11)14(18)15(19)16-12-4-2-3-5-13(12)17/h2-9,14,17-18H,1H3,(H,16,19). The molecule has 5 heteroatoms. The highest BCUT2D eigenvalue weighted by Crippen LogP contribution is 2.24. The third-order valence-corrected chi connectivity index (χ3v) is 2.84. The number of aliphatic hydroxyl groups is 1. The Bertz CT molecular complexity index is 595. The average molecular weight is 273 g/mol. The molecule has 1 amide bonds. The molecule has 0 aliphatic carbocycles. The highest BCUT2D eigenvalue weighted by Gasteiger charge is 2.18. The van der Waals surface area contributed by atoms with E-state index in [4.69, 9.17) is 4.74 Å². The van der Waals surface area contributed by atoms with E-state index in [1.807, 2.05) is 0 Å². The number of amides is 1. The van der Waals surface area contributed by atoms with Crippen molar-refractivity contribution >= 4 is 11.6 Å². The predicted octanol–water partition coefficient (Wildman–Crippen LogP) is 2.07. The summed E-state index contributed by atoms with van der Waals surface area (Å²) in [7, 11) is 1.54. The van der Waals surface area contributed by atoms with Gasteiger partial charge in [0.15, 0.2) is 6.10 Å². The minimum absolute atomic E-state index is 0.0530. The maximum atomic E-state index is 11.9. The van der Waals surface area contributed by atoms with Gasteiger partial charge in [0, 0.05) is 0 Å². The third-order valence-electron chi connectivity index (χ3n) is 2.84. The SMILES string of the molecule is COc1ccc(C(O)C(=O)Nc2ccccc2O)cc1. The van der Waals surface area contributed by atoms with Crippen molar-refractivity contribution in [2.75, 3.05) is 12.4 Å². The predicted molar refractivity (Wildman–Crippen MR) is 74.7 cm³/mol. The van der Waals surface area contributed by atoms with Crippen LogP contribution < -0.4 is 10.1 Å². The number of rotatable bonds is 4. The van der Waals surface area contributed by atoms with Crippen molar-refractivity contribution in [1.29, 1.82) is 0 Å². The van der Waals surface area contributed by atoms with E-state index in [1.54, 1.807) is 42.5 Å². The summed E-state index contributed by atoms with van der Waals surface area (Å²) < 4.78 is 5.01. The zero-order chi connectivity index (χ0) is 14.5. The fourth-order valence-corrected chi connectivity index (χ4v) is 1.72. The van der Waals surface area contributed by atoms with Gasteiger partial charge in [-0.25, -0.2) is 0 Å². The van der Waals surface area contributed by atoms with Gasteiger partial charge in [0.1, 0.15) is 11.5 Å². The number of methoxy groups -OCH3 is 1. The number of hydrogen-bond donors (Lipinski definition) is 3. The van der Waals surface area contributed by atoms with Crippen LogP contribution in [0.3, 0.4) is 0 Å². The highest BCUT2D eigenvalue weighted by molar-refractivity contribution is 5.95. The summed E-state index contributed by atoms with van der Waals surface area (Å²) in [6, 6.07) is 12.9. The number of carbonyl (C=O) groups excluding carboxylic acids is 1. The van der Waals surface area contributed by atoms with Crippen LogP contribution in [0, 0.1) is 0 Å². The summed E-state index contributed by atoms with van der Waals surface area (Å²) in [5, 5.41) is 22.0. The van der Waals surface area contributed by atoms with E-state index in [2.05, 4.69) is 5.32 Å². The van der Waals surface area contributed by atoms with E-state index in [1.165, 1.54) is 13.2 Å². The van der Waals surface area contributed by atoms with E-state index in [9.17, 15) is 15.0 Å². The molecule has 2 aromatic carbocycles. The van der Waals surface area contributed by atoms with Crippen LogP contribution in [0.25, 0.3) is 0 Å². The molecule has 0 saturated carbocycles. The molecule has 2 rings (SSSR count). The van der Waals surface area contributed by atoms with Gasteiger partial charge < -0.3 is 20.3 Å². The first kappa shape index (κ1) is 13.9. The summed E-state index contributed by atoms with van der Waals surface area (Å²) in [4.78, 5) is 11.9. The number of para-hydroxylation sites is 2. The topological polar surface area (TPSA) is 78.8 Å². The molecule has 0 radical (unpaired) electrons. The van der Waals surface area contributed by atoms with Crippen LogP contribution in [0.4, 0.5) is 5.69 Å².